The van der Waals surface area contributed by atoms with E-state index in [-0.39, 0.29) is 6.09 Å². The number of hydrogen-bond donors (Lipinski definition) is 1. The van der Waals surface area contributed by atoms with Gasteiger partial charge in [0.15, 0.2) is 0 Å². The molecular weight excluding hydrogens is 292 g/mol. The van der Waals surface area contributed by atoms with Crippen molar-refractivity contribution >= 4 is 22.7 Å². The highest BCUT2D eigenvalue weighted by Gasteiger charge is 2.26. The summed E-state index contributed by atoms with van der Waals surface area (Å²) in [6.07, 6.45) is 1.81. The second kappa shape index (κ2) is 5.68. The molecule has 6 nitrogen and oxygen atoms in total. The fourth-order valence-electron chi connectivity index (χ4n) is 2.81. The monoisotopic (exact) mass is 316 g/mol. The molecule has 0 saturated carbocycles. The van der Waals surface area contributed by atoms with E-state index in [1.807, 2.05) is 45.2 Å². The Morgan fingerprint density at radius 2 is 1.83 bits per heavy atom. The number of benzene rings is 1. The lowest BCUT2D eigenvalue weighted by Gasteiger charge is -2.37. The van der Waals surface area contributed by atoms with Crippen LogP contribution in [0.15, 0.2) is 30.5 Å². The molecule has 124 valence electrons. The maximum atomic E-state index is 12.1. The summed E-state index contributed by atoms with van der Waals surface area (Å²) >= 11 is 0. The van der Waals surface area contributed by atoms with Gasteiger partial charge in [0.1, 0.15) is 5.60 Å². The molecule has 2 N–H and O–H groups in total. The Kier molecular flexibility index (Phi) is 3.83. The average Bonchev–Trinajstić information content (AvgIpc) is 2.88. The van der Waals surface area contributed by atoms with Crippen LogP contribution in [0, 0.1) is 0 Å². The van der Waals surface area contributed by atoms with Crippen LogP contribution < -0.4 is 10.7 Å². The molecule has 0 bridgehead atoms. The Bertz CT molecular complexity index is 709. The van der Waals surface area contributed by atoms with Gasteiger partial charge in [-0.05, 0) is 45.0 Å². The second-order valence-electron chi connectivity index (χ2n) is 6.90. The first-order valence-electron chi connectivity index (χ1n) is 7.93. The number of nitrogens with zero attached hydrogens (tertiary/aromatic N) is 3. The van der Waals surface area contributed by atoms with Crippen molar-refractivity contribution in [2.24, 2.45) is 0 Å². The molecule has 23 heavy (non-hydrogen) atoms. The number of nitrogens with two attached hydrogens (primary N) is 1. The summed E-state index contributed by atoms with van der Waals surface area (Å²) in [5.41, 5.74) is 7.28. The Morgan fingerprint density at radius 3 is 2.48 bits per heavy atom. The van der Waals surface area contributed by atoms with Crippen molar-refractivity contribution in [1.29, 1.82) is 0 Å². The van der Waals surface area contributed by atoms with Crippen LogP contribution in [-0.2, 0) is 4.74 Å². The Morgan fingerprint density at radius 1 is 1.13 bits per heavy atom. The van der Waals surface area contributed by atoms with Gasteiger partial charge in [-0.2, -0.15) is 0 Å². The van der Waals surface area contributed by atoms with Gasteiger partial charge in [0.2, 0.25) is 0 Å². The smallest absolute Gasteiger partial charge is 0.410 e. The Balaban J connectivity index is 1.67. The molecule has 1 aromatic carbocycles. The van der Waals surface area contributed by atoms with E-state index >= 15 is 0 Å². The number of nitrogen functional groups attached to an aromatic ring is 1. The molecule has 0 spiro atoms. The molecule has 0 aliphatic carbocycles. The molecule has 0 atom stereocenters. The van der Waals surface area contributed by atoms with E-state index < -0.39 is 5.60 Å². The van der Waals surface area contributed by atoms with Crippen LogP contribution in [0.3, 0.4) is 0 Å². The summed E-state index contributed by atoms with van der Waals surface area (Å²) in [5.74, 6) is 0. The van der Waals surface area contributed by atoms with E-state index in [4.69, 9.17) is 10.5 Å². The van der Waals surface area contributed by atoms with E-state index in [9.17, 15) is 4.79 Å². The van der Waals surface area contributed by atoms with Gasteiger partial charge in [-0.3, -0.25) is 4.68 Å². The molecular formula is C17H24N4O2. The van der Waals surface area contributed by atoms with Crippen LogP contribution in [0.1, 0.15) is 20.8 Å². The van der Waals surface area contributed by atoms with Gasteiger partial charge in [0.25, 0.3) is 0 Å². The SMILES string of the molecule is CC(C)(C)OC(=O)N1CCN(n2ccc3cc(N)ccc32)CC1. The van der Waals surface area contributed by atoms with E-state index in [1.165, 1.54) is 0 Å². The highest BCUT2D eigenvalue weighted by molar-refractivity contribution is 5.83. The van der Waals surface area contributed by atoms with Crippen molar-refractivity contribution in [3.63, 3.8) is 0 Å². The van der Waals surface area contributed by atoms with Gasteiger partial charge in [-0.15, -0.1) is 0 Å². The number of piperazine rings is 1. The minimum atomic E-state index is -0.454. The van der Waals surface area contributed by atoms with Gasteiger partial charge in [-0.1, -0.05) is 0 Å². The zero-order valence-corrected chi connectivity index (χ0v) is 14.0. The highest BCUT2D eigenvalue weighted by atomic mass is 16.6. The minimum Gasteiger partial charge on any atom is -0.444 e. The number of rotatable bonds is 1. The molecule has 1 amide bonds. The molecule has 1 saturated heterocycles. The third kappa shape index (κ3) is 3.36. The van der Waals surface area contributed by atoms with Crippen molar-refractivity contribution in [2.45, 2.75) is 26.4 Å². The van der Waals surface area contributed by atoms with Crippen molar-refractivity contribution < 1.29 is 9.53 Å². The minimum absolute atomic E-state index is 0.234. The van der Waals surface area contributed by atoms with Crippen LogP contribution in [-0.4, -0.2) is 47.4 Å². The molecule has 1 aromatic heterocycles. The van der Waals surface area contributed by atoms with Gasteiger partial charge in [0.05, 0.1) is 18.6 Å². The first kappa shape index (κ1) is 15.5. The second-order valence-corrected chi connectivity index (χ2v) is 6.90. The number of amides is 1. The fraction of sp³-hybridized carbons (Fsp3) is 0.471. The summed E-state index contributed by atoms with van der Waals surface area (Å²) in [6.45, 7) is 8.52. The summed E-state index contributed by atoms with van der Waals surface area (Å²) in [6, 6.07) is 7.98. The van der Waals surface area contributed by atoms with Crippen LogP contribution in [0.5, 0.6) is 0 Å². The molecule has 1 aliphatic heterocycles. The van der Waals surface area contributed by atoms with Crippen LogP contribution in [0.2, 0.25) is 0 Å². The van der Waals surface area contributed by atoms with Gasteiger partial charge in [0, 0.05) is 30.4 Å². The quantitative estimate of drug-likeness (QED) is 0.821. The first-order valence-corrected chi connectivity index (χ1v) is 7.93. The average molecular weight is 316 g/mol. The predicted octanol–water partition coefficient (Wildman–Crippen LogP) is 2.41. The summed E-state index contributed by atoms with van der Waals surface area (Å²) in [4.78, 5) is 13.9. The van der Waals surface area contributed by atoms with Gasteiger partial charge >= 0.3 is 6.09 Å². The molecule has 2 aromatic rings. The normalized spacial score (nSPS) is 16.0. The Labute approximate surface area is 136 Å². The lowest BCUT2D eigenvalue weighted by atomic mass is 10.2. The van der Waals surface area contributed by atoms with Gasteiger partial charge < -0.3 is 20.4 Å². The van der Waals surface area contributed by atoms with E-state index in [1.54, 1.807) is 4.90 Å². The van der Waals surface area contributed by atoms with Crippen molar-refractivity contribution in [3.05, 3.63) is 30.5 Å². The predicted molar refractivity (Wildman–Crippen MR) is 92.1 cm³/mol. The first-order chi connectivity index (χ1) is 10.8. The van der Waals surface area contributed by atoms with Crippen molar-refractivity contribution in [3.8, 4) is 0 Å². The van der Waals surface area contributed by atoms with Gasteiger partial charge in [-0.25, -0.2) is 4.79 Å². The maximum Gasteiger partial charge on any atom is 0.410 e. The van der Waals surface area contributed by atoms with E-state index in [0.29, 0.717) is 13.1 Å². The third-order valence-corrected chi connectivity index (χ3v) is 3.91. The topological polar surface area (TPSA) is 63.7 Å². The number of fused-ring (bicyclic) bond motifs is 1. The molecule has 0 unspecified atom stereocenters. The standard InChI is InChI=1S/C17H24N4O2/c1-17(2,3)23-16(22)19-8-10-20(11-9-19)21-7-6-13-12-14(18)4-5-15(13)21/h4-7,12H,8-11,18H2,1-3H3. The lowest BCUT2D eigenvalue weighted by Crippen LogP contribution is -2.53. The molecule has 0 radical (unpaired) electrons. The highest BCUT2D eigenvalue weighted by Crippen LogP contribution is 2.20. The summed E-state index contributed by atoms with van der Waals surface area (Å²) < 4.78 is 7.57. The molecule has 3 rings (SSSR count). The molecule has 6 heteroatoms. The lowest BCUT2D eigenvalue weighted by molar-refractivity contribution is 0.0233. The summed E-state index contributed by atoms with van der Waals surface area (Å²) in [5, 5.41) is 3.36. The Hall–Kier alpha value is -2.37. The number of hydrogen-bond acceptors (Lipinski definition) is 4. The third-order valence-electron chi connectivity index (χ3n) is 3.91. The van der Waals surface area contributed by atoms with E-state index in [0.717, 1.165) is 29.7 Å². The number of aromatic nitrogens is 1. The molecule has 1 aliphatic rings. The largest absolute Gasteiger partial charge is 0.444 e. The van der Waals surface area contributed by atoms with Crippen LogP contribution >= 0.6 is 0 Å². The number of carbonyl (C=O) groups is 1. The number of carbonyl (C=O) groups excluding carboxylic acids is 1. The number of anilines is 1. The summed E-state index contributed by atoms with van der Waals surface area (Å²) in [7, 11) is 0. The maximum absolute atomic E-state index is 12.1. The molecule has 2 heterocycles. The van der Waals surface area contributed by atoms with Crippen LogP contribution in [0.25, 0.3) is 10.9 Å². The van der Waals surface area contributed by atoms with Crippen LogP contribution in [0.4, 0.5) is 10.5 Å². The van der Waals surface area contributed by atoms with Crippen molar-refractivity contribution in [1.82, 2.24) is 9.58 Å². The molecule has 1 fully saturated rings. The zero-order valence-electron chi connectivity index (χ0n) is 14.0. The number of ether oxygens (including phenoxy) is 1. The zero-order chi connectivity index (χ0) is 16.6. The fourth-order valence-corrected chi connectivity index (χ4v) is 2.81. The van der Waals surface area contributed by atoms with Crippen molar-refractivity contribution in [2.75, 3.05) is 36.9 Å². The van der Waals surface area contributed by atoms with E-state index in [2.05, 4.69) is 15.8 Å².